The molecular weight excluding hydrogens is 398 g/mol. The number of rotatable bonds is 11. The fraction of sp³-hybridized carbons (Fsp3) is 0.308. The minimum absolute atomic E-state index is 0.108. The first kappa shape index (κ1) is 22.8. The SMILES string of the molecule is CCCOc1ccc(C(C)(COCc2cccc(Oc3ccccc3)c2)C(F)F)cc1. The first-order chi connectivity index (χ1) is 15.0. The molecule has 1 atom stereocenters. The lowest BCUT2D eigenvalue weighted by Crippen LogP contribution is -2.36. The Hall–Kier alpha value is -2.92. The summed E-state index contributed by atoms with van der Waals surface area (Å²) >= 11 is 0. The second-order valence-corrected chi connectivity index (χ2v) is 7.65. The number of halogens is 2. The number of benzene rings is 3. The van der Waals surface area contributed by atoms with E-state index in [1.165, 1.54) is 6.92 Å². The van der Waals surface area contributed by atoms with E-state index in [9.17, 15) is 8.78 Å². The van der Waals surface area contributed by atoms with Gasteiger partial charge in [-0.05, 0) is 60.9 Å². The van der Waals surface area contributed by atoms with Gasteiger partial charge in [-0.3, -0.25) is 0 Å². The Morgan fingerprint density at radius 3 is 2.23 bits per heavy atom. The minimum atomic E-state index is -2.57. The molecule has 0 aliphatic carbocycles. The molecule has 0 spiro atoms. The molecule has 1 unspecified atom stereocenters. The Kier molecular flexibility index (Phi) is 8.01. The van der Waals surface area contributed by atoms with Gasteiger partial charge in [-0.1, -0.05) is 49.4 Å². The smallest absolute Gasteiger partial charge is 0.250 e. The van der Waals surface area contributed by atoms with E-state index in [1.807, 2.05) is 61.5 Å². The summed E-state index contributed by atoms with van der Waals surface area (Å²) in [7, 11) is 0. The summed E-state index contributed by atoms with van der Waals surface area (Å²) in [6.45, 7) is 4.24. The second-order valence-electron chi connectivity index (χ2n) is 7.65. The normalized spacial score (nSPS) is 13.1. The van der Waals surface area contributed by atoms with Crippen LogP contribution in [0.25, 0.3) is 0 Å². The molecule has 164 valence electrons. The lowest BCUT2D eigenvalue weighted by molar-refractivity contribution is -0.0128. The molecule has 0 fully saturated rings. The lowest BCUT2D eigenvalue weighted by Gasteiger charge is -2.29. The van der Waals surface area contributed by atoms with Crippen LogP contribution in [-0.4, -0.2) is 19.6 Å². The fourth-order valence-corrected chi connectivity index (χ4v) is 3.13. The van der Waals surface area contributed by atoms with Gasteiger partial charge < -0.3 is 14.2 Å². The van der Waals surface area contributed by atoms with Crippen LogP contribution in [0.5, 0.6) is 17.2 Å². The van der Waals surface area contributed by atoms with Gasteiger partial charge in [0.15, 0.2) is 0 Å². The average Bonchev–Trinajstić information content (AvgIpc) is 2.79. The topological polar surface area (TPSA) is 27.7 Å². The molecule has 0 radical (unpaired) electrons. The molecular formula is C26H28F2O3. The van der Waals surface area contributed by atoms with E-state index in [1.54, 1.807) is 24.3 Å². The van der Waals surface area contributed by atoms with Crippen molar-refractivity contribution in [1.29, 1.82) is 0 Å². The van der Waals surface area contributed by atoms with Gasteiger partial charge in [0, 0.05) is 0 Å². The van der Waals surface area contributed by atoms with Crippen LogP contribution in [-0.2, 0) is 16.8 Å². The van der Waals surface area contributed by atoms with Gasteiger partial charge in [-0.15, -0.1) is 0 Å². The number of ether oxygens (including phenoxy) is 3. The van der Waals surface area contributed by atoms with Crippen molar-refractivity contribution in [2.75, 3.05) is 13.2 Å². The quantitative estimate of drug-likeness (QED) is 0.330. The Morgan fingerprint density at radius 1 is 0.839 bits per heavy atom. The molecule has 3 nitrogen and oxygen atoms in total. The van der Waals surface area contributed by atoms with Crippen molar-refractivity contribution in [3.63, 3.8) is 0 Å². The minimum Gasteiger partial charge on any atom is -0.494 e. The maximum absolute atomic E-state index is 14.0. The lowest BCUT2D eigenvalue weighted by atomic mass is 9.83. The van der Waals surface area contributed by atoms with Gasteiger partial charge in [0.2, 0.25) is 6.43 Å². The average molecular weight is 427 g/mol. The summed E-state index contributed by atoms with van der Waals surface area (Å²) in [5.74, 6) is 2.09. The fourth-order valence-electron chi connectivity index (χ4n) is 3.13. The van der Waals surface area contributed by atoms with Crippen molar-refractivity contribution in [3.8, 4) is 17.2 Å². The molecule has 3 aromatic carbocycles. The van der Waals surface area contributed by atoms with E-state index in [4.69, 9.17) is 14.2 Å². The van der Waals surface area contributed by atoms with Crippen molar-refractivity contribution in [2.45, 2.75) is 38.7 Å². The van der Waals surface area contributed by atoms with Gasteiger partial charge in [0.25, 0.3) is 0 Å². The van der Waals surface area contributed by atoms with Crippen LogP contribution in [0.2, 0.25) is 0 Å². The molecule has 0 aromatic heterocycles. The summed E-state index contributed by atoms with van der Waals surface area (Å²) in [5, 5.41) is 0. The highest BCUT2D eigenvalue weighted by Gasteiger charge is 2.37. The van der Waals surface area contributed by atoms with Crippen LogP contribution in [0.1, 0.15) is 31.4 Å². The van der Waals surface area contributed by atoms with Crippen LogP contribution >= 0.6 is 0 Å². The molecule has 3 rings (SSSR count). The van der Waals surface area contributed by atoms with Crippen LogP contribution in [0, 0.1) is 0 Å². The zero-order valence-corrected chi connectivity index (χ0v) is 17.9. The van der Waals surface area contributed by atoms with E-state index < -0.39 is 11.8 Å². The predicted octanol–water partition coefficient (Wildman–Crippen LogP) is 7.01. The van der Waals surface area contributed by atoms with Crippen molar-refractivity contribution in [1.82, 2.24) is 0 Å². The monoisotopic (exact) mass is 426 g/mol. The highest BCUT2D eigenvalue weighted by molar-refractivity contribution is 5.34. The molecule has 0 bridgehead atoms. The summed E-state index contributed by atoms with van der Waals surface area (Å²) in [5.41, 5.74) is -0.0394. The van der Waals surface area contributed by atoms with E-state index in [0.717, 1.165) is 17.7 Å². The highest BCUT2D eigenvalue weighted by Crippen LogP contribution is 2.33. The van der Waals surface area contributed by atoms with Gasteiger partial charge in [0.05, 0.1) is 25.2 Å². The molecule has 0 aliphatic heterocycles. The zero-order chi connectivity index (χ0) is 22.1. The van der Waals surface area contributed by atoms with Crippen LogP contribution in [0.4, 0.5) is 8.78 Å². The molecule has 0 amide bonds. The zero-order valence-electron chi connectivity index (χ0n) is 17.9. The number of hydrogen-bond donors (Lipinski definition) is 0. The molecule has 0 aliphatic rings. The Bertz CT molecular complexity index is 929. The van der Waals surface area contributed by atoms with Crippen LogP contribution in [0.3, 0.4) is 0 Å². The van der Waals surface area contributed by atoms with Crippen molar-refractivity contribution < 1.29 is 23.0 Å². The molecule has 0 heterocycles. The Morgan fingerprint density at radius 2 is 1.55 bits per heavy atom. The summed E-state index contributed by atoms with van der Waals surface area (Å²) in [6, 6.07) is 23.8. The van der Waals surface area contributed by atoms with Crippen LogP contribution < -0.4 is 9.47 Å². The number of hydrogen-bond acceptors (Lipinski definition) is 3. The molecule has 0 saturated carbocycles. The summed E-state index contributed by atoms with van der Waals surface area (Å²) < 4.78 is 45.1. The van der Waals surface area contributed by atoms with E-state index in [0.29, 0.717) is 23.7 Å². The second kappa shape index (κ2) is 10.9. The first-order valence-corrected chi connectivity index (χ1v) is 10.4. The Balaban J connectivity index is 1.62. The van der Waals surface area contributed by atoms with Gasteiger partial charge in [-0.2, -0.15) is 0 Å². The van der Waals surface area contributed by atoms with E-state index in [2.05, 4.69) is 0 Å². The maximum Gasteiger partial charge on any atom is 0.250 e. The van der Waals surface area contributed by atoms with E-state index >= 15 is 0 Å². The standard InChI is InChI=1S/C26H28F2O3/c1-3-16-30-22-14-12-21(13-15-22)26(2,25(27)28)19-29-18-20-8-7-11-24(17-20)31-23-9-5-4-6-10-23/h4-15,17,25H,3,16,18-19H2,1-2H3. The third kappa shape index (κ3) is 6.28. The first-order valence-electron chi connectivity index (χ1n) is 10.4. The largest absolute Gasteiger partial charge is 0.494 e. The summed E-state index contributed by atoms with van der Waals surface area (Å²) in [4.78, 5) is 0. The van der Waals surface area contributed by atoms with Crippen molar-refractivity contribution >= 4 is 0 Å². The Labute approximate surface area is 182 Å². The van der Waals surface area contributed by atoms with Crippen molar-refractivity contribution in [2.24, 2.45) is 0 Å². The summed E-state index contributed by atoms with van der Waals surface area (Å²) in [6.07, 6.45) is -1.68. The maximum atomic E-state index is 14.0. The molecule has 5 heteroatoms. The highest BCUT2D eigenvalue weighted by atomic mass is 19.3. The molecule has 0 saturated heterocycles. The van der Waals surface area contributed by atoms with Gasteiger partial charge >= 0.3 is 0 Å². The number of para-hydroxylation sites is 1. The van der Waals surface area contributed by atoms with Gasteiger partial charge in [0.1, 0.15) is 17.2 Å². The predicted molar refractivity (Wildman–Crippen MR) is 118 cm³/mol. The third-order valence-corrected chi connectivity index (χ3v) is 5.02. The number of alkyl halides is 2. The van der Waals surface area contributed by atoms with Gasteiger partial charge in [-0.25, -0.2) is 8.78 Å². The van der Waals surface area contributed by atoms with E-state index in [-0.39, 0.29) is 13.2 Å². The van der Waals surface area contributed by atoms with Crippen molar-refractivity contribution in [3.05, 3.63) is 90.0 Å². The third-order valence-electron chi connectivity index (χ3n) is 5.02. The van der Waals surface area contributed by atoms with Crippen LogP contribution in [0.15, 0.2) is 78.9 Å². The molecule has 31 heavy (non-hydrogen) atoms. The molecule has 3 aromatic rings. The molecule has 0 N–H and O–H groups in total.